The normalized spacial score (nSPS) is 14.1. The standard InChI is InChI=1S/C15H19N2O2/c1-12(17-9-8-16(2)11-17)14(18)10-15(19)13-6-4-3-5-7-13/h3-9,11-12,15,19H,10H2,1-2H3/q+1/t12?,15-/m1/s1. The Morgan fingerprint density at radius 2 is 2.05 bits per heavy atom. The summed E-state index contributed by atoms with van der Waals surface area (Å²) in [5.41, 5.74) is 0.779. The van der Waals surface area contributed by atoms with Crippen LogP contribution in [0.2, 0.25) is 0 Å². The van der Waals surface area contributed by atoms with Crippen LogP contribution in [0, 0.1) is 0 Å². The van der Waals surface area contributed by atoms with Crippen LogP contribution in [0.25, 0.3) is 0 Å². The molecule has 0 radical (unpaired) electrons. The van der Waals surface area contributed by atoms with Crippen LogP contribution < -0.4 is 4.57 Å². The smallest absolute Gasteiger partial charge is 0.244 e. The molecule has 2 atom stereocenters. The lowest BCUT2D eigenvalue weighted by Gasteiger charge is -2.12. The predicted molar refractivity (Wildman–Crippen MR) is 71.3 cm³/mol. The average molecular weight is 259 g/mol. The summed E-state index contributed by atoms with van der Waals surface area (Å²) in [5.74, 6) is 0.0209. The Morgan fingerprint density at radius 3 is 2.63 bits per heavy atom. The number of rotatable bonds is 5. The Bertz CT molecular complexity index is 548. The second-order valence-corrected chi connectivity index (χ2v) is 4.80. The molecule has 4 heteroatoms. The molecule has 0 saturated carbocycles. The number of hydrogen-bond donors (Lipinski definition) is 1. The average Bonchev–Trinajstić information content (AvgIpc) is 2.85. The summed E-state index contributed by atoms with van der Waals surface area (Å²) in [7, 11) is 1.91. The first kappa shape index (κ1) is 13.5. The van der Waals surface area contributed by atoms with Crippen molar-refractivity contribution in [2.24, 2.45) is 7.05 Å². The fraction of sp³-hybridized carbons (Fsp3) is 0.333. The molecule has 1 N–H and O–H groups in total. The molecule has 1 heterocycles. The molecule has 0 spiro atoms. The van der Waals surface area contributed by atoms with Gasteiger partial charge in [0.2, 0.25) is 6.33 Å². The minimum atomic E-state index is -0.736. The third-order valence-electron chi connectivity index (χ3n) is 3.28. The number of aromatic nitrogens is 2. The van der Waals surface area contributed by atoms with Crippen molar-refractivity contribution in [3.05, 3.63) is 54.6 Å². The topological polar surface area (TPSA) is 46.1 Å². The Labute approximate surface area is 112 Å². The van der Waals surface area contributed by atoms with E-state index in [1.807, 2.05) is 72.2 Å². The van der Waals surface area contributed by atoms with Gasteiger partial charge in [0.25, 0.3) is 0 Å². The van der Waals surface area contributed by atoms with Crippen molar-refractivity contribution in [2.45, 2.75) is 25.5 Å². The number of ketones is 1. The van der Waals surface area contributed by atoms with Crippen LogP contribution >= 0.6 is 0 Å². The van der Waals surface area contributed by atoms with Gasteiger partial charge in [-0.15, -0.1) is 0 Å². The lowest BCUT2D eigenvalue weighted by Crippen LogP contribution is -2.25. The van der Waals surface area contributed by atoms with E-state index >= 15 is 0 Å². The molecule has 100 valence electrons. The van der Waals surface area contributed by atoms with Crippen LogP contribution in [0.3, 0.4) is 0 Å². The van der Waals surface area contributed by atoms with Crippen molar-refractivity contribution in [2.75, 3.05) is 0 Å². The number of aliphatic hydroxyl groups excluding tert-OH is 1. The van der Waals surface area contributed by atoms with E-state index in [1.165, 1.54) is 0 Å². The summed E-state index contributed by atoms with van der Waals surface area (Å²) >= 11 is 0. The van der Waals surface area contributed by atoms with E-state index in [4.69, 9.17) is 0 Å². The number of carbonyl (C=O) groups excluding carboxylic acids is 1. The summed E-state index contributed by atoms with van der Waals surface area (Å²) in [5, 5.41) is 10.1. The van der Waals surface area contributed by atoms with Crippen LogP contribution in [0.5, 0.6) is 0 Å². The second kappa shape index (κ2) is 5.80. The van der Waals surface area contributed by atoms with Gasteiger partial charge in [0.1, 0.15) is 12.4 Å². The maximum Gasteiger partial charge on any atom is 0.244 e. The number of benzene rings is 1. The summed E-state index contributed by atoms with van der Waals surface area (Å²) in [6.45, 7) is 1.85. The van der Waals surface area contributed by atoms with E-state index in [0.29, 0.717) is 0 Å². The molecular weight excluding hydrogens is 240 g/mol. The Kier molecular flexibility index (Phi) is 4.12. The number of aryl methyl sites for hydroxylation is 1. The minimum absolute atomic E-state index is 0.0209. The van der Waals surface area contributed by atoms with Gasteiger partial charge in [0.05, 0.1) is 13.2 Å². The number of hydrogen-bond acceptors (Lipinski definition) is 2. The lowest BCUT2D eigenvalue weighted by atomic mass is 10.0. The van der Waals surface area contributed by atoms with E-state index in [0.717, 1.165) is 5.56 Å². The SMILES string of the molecule is CC(C(=O)C[C@@H](O)c1ccccc1)n1cc[n+](C)c1. The third kappa shape index (κ3) is 3.29. The van der Waals surface area contributed by atoms with Crippen LogP contribution in [-0.4, -0.2) is 15.5 Å². The zero-order chi connectivity index (χ0) is 13.8. The molecule has 0 saturated heterocycles. The molecule has 1 aromatic heterocycles. The van der Waals surface area contributed by atoms with Gasteiger partial charge < -0.3 is 5.11 Å². The van der Waals surface area contributed by atoms with Crippen LogP contribution in [-0.2, 0) is 11.8 Å². The summed E-state index contributed by atoms with van der Waals surface area (Å²) < 4.78 is 3.73. The summed E-state index contributed by atoms with van der Waals surface area (Å²) in [6.07, 6.45) is 5.00. The lowest BCUT2D eigenvalue weighted by molar-refractivity contribution is -0.671. The number of carbonyl (C=O) groups is 1. The van der Waals surface area contributed by atoms with Gasteiger partial charge in [0.15, 0.2) is 11.8 Å². The molecule has 1 aromatic carbocycles. The number of aliphatic hydroxyl groups is 1. The maximum absolute atomic E-state index is 12.1. The Balaban J connectivity index is 2.01. The zero-order valence-corrected chi connectivity index (χ0v) is 11.2. The molecule has 19 heavy (non-hydrogen) atoms. The van der Waals surface area contributed by atoms with E-state index < -0.39 is 6.10 Å². The minimum Gasteiger partial charge on any atom is -0.388 e. The van der Waals surface area contributed by atoms with Crippen LogP contribution in [0.1, 0.15) is 31.1 Å². The Hall–Kier alpha value is -1.94. The highest BCUT2D eigenvalue weighted by Gasteiger charge is 2.22. The highest BCUT2D eigenvalue weighted by atomic mass is 16.3. The molecule has 0 aliphatic rings. The number of Topliss-reactive ketones (excluding diaryl/α,β-unsaturated/α-hetero) is 1. The van der Waals surface area contributed by atoms with Crippen molar-refractivity contribution < 1.29 is 14.5 Å². The van der Waals surface area contributed by atoms with Gasteiger partial charge in [-0.1, -0.05) is 30.3 Å². The predicted octanol–water partition coefficient (Wildman–Crippen LogP) is 1.57. The number of imidazole rings is 1. The first-order chi connectivity index (χ1) is 9.08. The molecular formula is C15H19N2O2+. The summed E-state index contributed by atoms with van der Waals surface area (Å²) in [6, 6.07) is 9.01. The molecule has 0 aliphatic carbocycles. The first-order valence-electron chi connectivity index (χ1n) is 6.36. The second-order valence-electron chi connectivity index (χ2n) is 4.80. The fourth-order valence-electron chi connectivity index (χ4n) is 2.02. The van der Waals surface area contributed by atoms with E-state index in [1.54, 1.807) is 0 Å². The molecule has 2 rings (SSSR count). The van der Waals surface area contributed by atoms with Gasteiger partial charge in [-0.25, -0.2) is 9.13 Å². The van der Waals surface area contributed by atoms with Crippen molar-refractivity contribution in [3.63, 3.8) is 0 Å². The van der Waals surface area contributed by atoms with Crippen molar-refractivity contribution in [3.8, 4) is 0 Å². The molecule has 0 amide bonds. The maximum atomic E-state index is 12.1. The molecule has 1 unspecified atom stereocenters. The molecule has 0 fully saturated rings. The van der Waals surface area contributed by atoms with Gasteiger partial charge in [0, 0.05) is 6.42 Å². The zero-order valence-electron chi connectivity index (χ0n) is 11.2. The first-order valence-corrected chi connectivity index (χ1v) is 6.36. The van der Waals surface area contributed by atoms with E-state index in [9.17, 15) is 9.90 Å². The van der Waals surface area contributed by atoms with E-state index in [2.05, 4.69) is 0 Å². The summed E-state index contributed by atoms with van der Waals surface area (Å²) in [4.78, 5) is 12.1. The molecule has 0 bridgehead atoms. The quantitative estimate of drug-likeness (QED) is 0.828. The van der Waals surface area contributed by atoms with Crippen LogP contribution in [0.15, 0.2) is 49.1 Å². The fourth-order valence-corrected chi connectivity index (χ4v) is 2.02. The van der Waals surface area contributed by atoms with E-state index in [-0.39, 0.29) is 18.2 Å². The third-order valence-corrected chi connectivity index (χ3v) is 3.28. The van der Waals surface area contributed by atoms with Gasteiger partial charge >= 0.3 is 0 Å². The highest BCUT2D eigenvalue weighted by molar-refractivity contribution is 5.82. The van der Waals surface area contributed by atoms with Crippen molar-refractivity contribution in [1.29, 1.82) is 0 Å². The largest absolute Gasteiger partial charge is 0.388 e. The van der Waals surface area contributed by atoms with Crippen molar-refractivity contribution >= 4 is 5.78 Å². The molecule has 2 aromatic rings. The number of nitrogens with zero attached hydrogens (tertiary/aromatic N) is 2. The van der Waals surface area contributed by atoms with Crippen molar-refractivity contribution in [1.82, 2.24) is 4.57 Å². The van der Waals surface area contributed by atoms with Crippen LogP contribution in [0.4, 0.5) is 0 Å². The van der Waals surface area contributed by atoms with Gasteiger partial charge in [-0.3, -0.25) is 4.79 Å². The van der Waals surface area contributed by atoms with Gasteiger partial charge in [-0.05, 0) is 12.5 Å². The Morgan fingerprint density at radius 1 is 1.37 bits per heavy atom. The highest BCUT2D eigenvalue weighted by Crippen LogP contribution is 2.19. The monoisotopic (exact) mass is 259 g/mol. The van der Waals surface area contributed by atoms with Gasteiger partial charge in [-0.2, -0.15) is 0 Å². The molecule has 4 nitrogen and oxygen atoms in total. The molecule has 0 aliphatic heterocycles.